The number of hydrogen-bond acceptors (Lipinski definition) is 6. The quantitative estimate of drug-likeness (QED) is 0.442. The van der Waals surface area contributed by atoms with Crippen LogP contribution in [-0.2, 0) is 4.79 Å². The maximum atomic E-state index is 12.0. The van der Waals surface area contributed by atoms with Gasteiger partial charge in [-0.1, -0.05) is 0 Å². The third-order valence-electron chi connectivity index (χ3n) is 4.75. The normalized spacial score (nSPS) is 10.5. The van der Waals surface area contributed by atoms with E-state index in [0.29, 0.717) is 36.2 Å². The van der Waals surface area contributed by atoms with Crippen molar-refractivity contribution in [2.45, 2.75) is 13.8 Å². The Kier molecular flexibility index (Phi) is 6.46. The van der Waals surface area contributed by atoms with E-state index in [1.807, 2.05) is 37.1 Å². The molecule has 0 bridgehead atoms. The minimum Gasteiger partial charge on any atom is -0.618 e. The molecule has 8 nitrogen and oxygen atoms in total. The minimum absolute atomic E-state index is 0.0168. The van der Waals surface area contributed by atoms with Gasteiger partial charge in [-0.3, -0.25) is 9.78 Å². The van der Waals surface area contributed by atoms with Crippen LogP contribution in [0.25, 0.3) is 11.3 Å². The fraction of sp³-hybridized carbons (Fsp3) is 0.273. The molecule has 0 aliphatic heterocycles. The highest BCUT2D eigenvalue weighted by Gasteiger charge is 2.11. The average molecular weight is 407 g/mol. The van der Waals surface area contributed by atoms with E-state index in [1.54, 1.807) is 42.5 Å². The standard InChI is InChI=1S/C22H25N5O3/c1-16-9-10-27(29)20(13-16)18-5-7-19(8-6-18)30-22-15-23-14-21(24-22)26(4)12-11-25(3)17(2)28/h5-10,13-15H,11-12H2,1-4H3. The number of hydrogen-bond donors (Lipinski definition) is 0. The highest BCUT2D eigenvalue weighted by molar-refractivity contribution is 5.72. The predicted molar refractivity (Wildman–Crippen MR) is 114 cm³/mol. The van der Waals surface area contributed by atoms with Gasteiger partial charge in [0.2, 0.25) is 17.5 Å². The van der Waals surface area contributed by atoms with Crippen molar-refractivity contribution in [2.24, 2.45) is 0 Å². The third-order valence-corrected chi connectivity index (χ3v) is 4.75. The summed E-state index contributed by atoms with van der Waals surface area (Å²) in [4.78, 5) is 23.6. The number of aryl methyl sites for hydroxylation is 1. The van der Waals surface area contributed by atoms with E-state index >= 15 is 0 Å². The van der Waals surface area contributed by atoms with Gasteiger partial charge in [0.05, 0.1) is 12.4 Å². The predicted octanol–water partition coefficient (Wildman–Crippen LogP) is 2.79. The van der Waals surface area contributed by atoms with Crippen LogP contribution in [0.5, 0.6) is 11.6 Å². The number of pyridine rings is 1. The molecular weight excluding hydrogens is 382 g/mol. The van der Waals surface area contributed by atoms with Gasteiger partial charge in [0.25, 0.3) is 0 Å². The molecule has 2 aromatic heterocycles. The van der Waals surface area contributed by atoms with Crippen molar-refractivity contribution in [3.8, 4) is 22.9 Å². The van der Waals surface area contributed by atoms with Crippen LogP contribution in [0.1, 0.15) is 12.5 Å². The van der Waals surface area contributed by atoms with Crippen LogP contribution in [0, 0.1) is 12.1 Å². The number of aromatic nitrogens is 3. The van der Waals surface area contributed by atoms with Gasteiger partial charge in [-0.2, -0.15) is 9.71 Å². The molecule has 0 fully saturated rings. The van der Waals surface area contributed by atoms with Crippen molar-refractivity contribution in [1.29, 1.82) is 0 Å². The van der Waals surface area contributed by atoms with E-state index in [-0.39, 0.29) is 5.91 Å². The number of carbonyl (C=O) groups is 1. The monoisotopic (exact) mass is 407 g/mol. The topological polar surface area (TPSA) is 85.5 Å². The number of amides is 1. The van der Waals surface area contributed by atoms with Gasteiger partial charge < -0.3 is 19.7 Å². The molecule has 0 N–H and O–H groups in total. The largest absolute Gasteiger partial charge is 0.618 e. The van der Waals surface area contributed by atoms with Gasteiger partial charge in [0.1, 0.15) is 5.75 Å². The lowest BCUT2D eigenvalue weighted by molar-refractivity contribution is -0.593. The summed E-state index contributed by atoms with van der Waals surface area (Å²) in [5.74, 6) is 1.62. The van der Waals surface area contributed by atoms with E-state index in [2.05, 4.69) is 9.97 Å². The molecule has 0 aliphatic rings. The van der Waals surface area contributed by atoms with Gasteiger partial charge in [-0.25, -0.2) is 0 Å². The van der Waals surface area contributed by atoms with E-state index in [9.17, 15) is 10.0 Å². The summed E-state index contributed by atoms with van der Waals surface area (Å²) in [6, 6.07) is 10.9. The van der Waals surface area contributed by atoms with Crippen molar-refractivity contribution < 1.29 is 14.3 Å². The maximum absolute atomic E-state index is 12.0. The molecule has 156 valence electrons. The minimum atomic E-state index is 0.0168. The molecule has 0 atom stereocenters. The highest BCUT2D eigenvalue weighted by Crippen LogP contribution is 2.24. The van der Waals surface area contributed by atoms with Gasteiger partial charge in [0.15, 0.2) is 12.0 Å². The Labute approximate surface area is 176 Å². The smallest absolute Gasteiger partial charge is 0.239 e. The Morgan fingerprint density at radius 2 is 1.87 bits per heavy atom. The summed E-state index contributed by atoms with van der Waals surface area (Å²) in [5, 5.41) is 12.0. The zero-order valence-electron chi connectivity index (χ0n) is 17.6. The number of carbonyl (C=O) groups excluding carboxylic acids is 1. The first-order chi connectivity index (χ1) is 14.3. The Balaban J connectivity index is 1.69. The van der Waals surface area contributed by atoms with Crippen LogP contribution in [0.15, 0.2) is 55.0 Å². The van der Waals surface area contributed by atoms with Crippen LogP contribution >= 0.6 is 0 Å². The molecular formula is C22H25N5O3. The molecule has 3 rings (SSSR count). The fourth-order valence-electron chi connectivity index (χ4n) is 2.76. The molecule has 2 heterocycles. The van der Waals surface area contributed by atoms with E-state index in [4.69, 9.17) is 4.74 Å². The van der Waals surface area contributed by atoms with Crippen molar-refractivity contribution in [3.05, 3.63) is 65.8 Å². The first kappa shape index (κ1) is 21.0. The molecule has 0 aliphatic carbocycles. The van der Waals surface area contributed by atoms with Gasteiger partial charge in [-0.15, -0.1) is 0 Å². The van der Waals surface area contributed by atoms with E-state index < -0.39 is 0 Å². The number of benzene rings is 1. The molecule has 0 saturated heterocycles. The van der Waals surface area contributed by atoms with Crippen molar-refractivity contribution in [1.82, 2.24) is 14.9 Å². The lowest BCUT2D eigenvalue weighted by Crippen LogP contribution is -2.33. The van der Waals surface area contributed by atoms with E-state index in [1.165, 1.54) is 13.1 Å². The molecule has 0 radical (unpaired) electrons. The first-order valence-electron chi connectivity index (χ1n) is 9.56. The average Bonchev–Trinajstić information content (AvgIpc) is 2.74. The molecule has 30 heavy (non-hydrogen) atoms. The van der Waals surface area contributed by atoms with Crippen LogP contribution in [0.4, 0.5) is 5.82 Å². The number of anilines is 1. The lowest BCUT2D eigenvalue weighted by Gasteiger charge is -2.22. The summed E-state index contributed by atoms with van der Waals surface area (Å²) in [7, 11) is 3.65. The second-order valence-corrected chi connectivity index (χ2v) is 7.12. The molecule has 1 amide bonds. The van der Waals surface area contributed by atoms with Gasteiger partial charge in [-0.05, 0) is 36.8 Å². The van der Waals surface area contributed by atoms with Crippen molar-refractivity contribution in [2.75, 3.05) is 32.1 Å². The van der Waals surface area contributed by atoms with Crippen molar-refractivity contribution >= 4 is 11.7 Å². The molecule has 1 aromatic carbocycles. The summed E-state index contributed by atoms with van der Waals surface area (Å²) in [6.07, 6.45) is 4.69. The van der Waals surface area contributed by atoms with Crippen molar-refractivity contribution in [3.63, 3.8) is 0 Å². The van der Waals surface area contributed by atoms with Crippen LogP contribution in [0.3, 0.4) is 0 Å². The molecule has 0 unspecified atom stereocenters. The number of rotatable bonds is 7. The maximum Gasteiger partial charge on any atom is 0.239 e. The van der Waals surface area contributed by atoms with Gasteiger partial charge in [0, 0.05) is 51.8 Å². The molecule has 0 spiro atoms. The summed E-state index contributed by atoms with van der Waals surface area (Å²) >= 11 is 0. The number of nitrogens with zero attached hydrogens (tertiary/aromatic N) is 5. The molecule has 3 aromatic rings. The Hall–Kier alpha value is -3.68. The molecule has 8 heteroatoms. The number of ether oxygens (including phenoxy) is 1. The van der Waals surface area contributed by atoms with Crippen LogP contribution in [0.2, 0.25) is 0 Å². The zero-order chi connectivity index (χ0) is 21.7. The van der Waals surface area contributed by atoms with Crippen LogP contribution < -0.4 is 14.4 Å². The van der Waals surface area contributed by atoms with E-state index in [0.717, 1.165) is 15.9 Å². The number of likely N-dealkylation sites (N-methyl/N-ethyl adjacent to an activating group) is 2. The summed E-state index contributed by atoms with van der Waals surface area (Å²) in [5.41, 5.74) is 2.40. The SMILES string of the molecule is CC(=O)N(C)CCN(C)c1cncc(Oc2ccc(-c3cc(C)cc[n+]3[O-])cc2)n1. The zero-order valence-corrected chi connectivity index (χ0v) is 17.6. The third kappa shape index (κ3) is 5.22. The highest BCUT2D eigenvalue weighted by atomic mass is 16.5. The fourth-order valence-corrected chi connectivity index (χ4v) is 2.76. The Morgan fingerprint density at radius 3 is 2.57 bits per heavy atom. The second kappa shape index (κ2) is 9.21. The second-order valence-electron chi connectivity index (χ2n) is 7.12. The lowest BCUT2D eigenvalue weighted by atomic mass is 10.1. The summed E-state index contributed by atoms with van der Waals surface area (Å²) in [6.45, 7) is 4.68. The molecule has 0 saturated carbocycles. The Bertz CT molecular complexity index is 1020. The first-order valence-corrected chi connectivity index (χ1v) is 9.56. The van der Waals surface area contributed by atoms with Crippen LogP contribution in [-0.4, -0.2) is 48.0 Å². The van der Waals surface area contributed by atoms with Gasteiger partial charge >= 0.3 is 0 Å². The Morgan fingerprint density at radius 1 is 1.13 bits per heavy atom. The summed E-state index contributed by atoms with van der Waals surface area (Å²) < 4.78 is 6.67.